The molecular formula is C13H18N2O2. The Balaban J connectivity index is 2.57. The molecule has 1 aliphatic heterocycles. The van der Waals surface area contributed by atoms with E-state index in [2.05, 4.69) is 13.8 Å². The molecule has 1 aromatic carbocycles. The number of anilines is 1. The van der Waals surface area contributed by atoms with Crippen molar-refractivity contribution in [3.8, 4) is 0 Å². The Morgan fingerprint density at radius 2 is 2.18 bits per heavy atom. The van der Waals surface area contributed by atoms with Gasteiger partial charge < -0.3 is 15.7 Å². The highest BCUT2D eigenvalue weighted by Gasteiger charge is 2.37. The van der Waals surface area contributed by atoms with Crippen molar-refractivity contribution < 1.29 is 9.90 Å². The van der Waals surface area contributed by atoms with Gasteiger partial charge in [0, 0.05) is 17.6 Å². The van der Waals surface area contributed by atoms with Crippen LogP contribution >= 0.6 is 0 Å². The minimum atomic E-state index is -0.876. The predicted octanol–water partition coefficient (Wildman–Crippen LogP) is 2.60. The molecule has 4 heteroatoms. The average molecular weight is 234 g/mol. The van der Waals surface area contributed by atoms with E-state index < -0.39 is 6.09 Å². The second-order valence-electron chi connectivity index (χ2n) is 5.32. The summed E-state index contributed by atoms with van der Waals surface area (Å²) < 4.78 is 0. The number of benzene rings is 1. The lowest BCUT2D eigenvalue weighted by Crippen LogP contribution is -2.46. The number of amides is 1. The summed E-state index contributed by atoms with van der Waals surface area (Å²) in [4.78, 5) is 12.7. The van der Waals surface area contributed by atoms with Crippen molar-refractivity contribution in [2.45, 2.75) is 32.2 Å². The van der Waals surface area contributed by atoms with Gasteiger partial charge in [-0.3, -0.25) is 0 Å². The van der Waals surface area contributed by atoms with E-state index in [0.717, 1.165) is 5.56 Å². The molecule has 0 saturated heterocycles. The molecule has 1 unspecified atom stereocenters. The van der Waals surface area contributed by atoms with E-state index in [1.54, 1.807) is 0 Å². The Kier molecular flexibility index (Phi) is 2.53. The third kappa shape index (κ3) is 1.84. The monoisotopic (exact) mass is 234 g/mol. The van der Waals surface area contributed by atoms with E-state index in [9.17, 15) is 9.90 Å². The molecule has 1 heterocycles. The van der Waals surface area contributed by atoms with Crippen LogP contribution in [-0.4, -0.2) is 22.6 Å². The minimum Gasteiger partial charge on any atom is -0.465 e. The van der Waals surface area contributed by atoms with Crippen LogP contribution in [-0.2, 0) is 5.41 Å². The fourth-order valence-electron chi connectivity index (χ4n) is 2.59. The van der Waals surface area contributed by atoms with Crippen molar-refractivity contribution in [3.05, 3.63) is 29.3 Å². The lowest BCUT2D eigenvalue weighted by Gasteiger charge is -2.42. The van der Waals surface area contributed by atoms with Gasteiger partial charge in [-0.2, -0.15) is 0 Å². The highest BCUT2D eigenvalue weighted by Crippen LogP contribution is 2.40. The van der Waals surface area contributed by atoms with E-state index >= 15 is 0 Å². The van der Waals surface area contributed by atoms with Gasteiger partial charge >= 0.3 is 6.09 Å². The number of rotatable bonds is 0. The maximum Gasteiger partial charge on any atom is 0.407 e. The standard InChI is InChI=1S/C13H18N2O2/c1-8-10-6-9(14)4-5-11(10)13(2,3)7-15(8)12(16)17/h4-6,8H,7,14H2,1-3H3,(H,16,17). The summed E-state index contributed by atoms with van der Waals surface area (Å²) in [6.07, 6.45) is -0.876. The van der Waals surface area contributed by atoms with E-state index in [1.165, 1.54) is 10.5 Å². The van der Waals surface area contributed by atoms with E-state index in [4.69, 9.17) is 5.73 Å². The van der Waals surface area contributed by atoms with Gasteiger partial charge in [0.2, 0.25) is 0 Å². The highest BCUT2D eigenvalue weighted by atomic mass is 16.4. The summed E-state index contributed by atoms with van der Waals surface area (Å²) in [7, 11) is 0. The first-order valence-corrected chi connectivity index (χ1v) is 5.72. The number of nitrogen functional groups attached to an aromatic ring is 1. The number of nitrogens with two attached hydrogens (primary N) is 1. The van der Waals surface area contributed by atoms with Gasteiger partial charge in [0.1, 0.15) is 0 Å². The Labute approximate surface area is 101 Å². The molecule has 92 valence electrons. The third-order valence-corrected chi connectivity index (χ3v) is 3.53. The number of hydrogen-bond acceptors (Lipinski definition) is 2. The molecule has 0 radical (unpaired) electrons. The number of carboxylic acid groups (broad SMARTS) is 1. The molecule has 1 aliphatic rings. The topological polar surface area (TPSA) is 66.6 Å². The molecule has 1 amide bonds. The van der Waals surface area contributed by atoms with E-state index in [1.807, 2.05) is 25.1 Å². The average Bonchev–Trinajstić information content (AvgIpc) is 2.23. The number of hydrogen-bond donors (Lipinski definition) is 2. The predicted molar refractivity (Wildman–Crippen MR) is 67.0 cm³/mol. The zero-order valence-electron chi connectivity index (χ0n) is 10.4. The van der Waals surface area contributed by atoms with Crippen LogP contribution in [0.15, 0.2) is 18.2 Å². The number of nitrogens with zero attached hydrogens (tertiary/aromatic N) is 1. The van der Waals surface area contributed by atoms with Gasteiger partial charge in [-0.25, -0.2) is 4.79 Å². The van der Waals surface area contributed by atoms with Crippen LogP contribution in [0.1, 0.15) is 37.9 Å². The van der Waals surface area contributed by atoms with Gasteiger partial charge in [0.25, 0.3) is 0 Å². The largest absolute Gasteiger partial charge is 0.465 e. The molecule has 0 fully saturated rings. The van der Waals surface area contributed by atoms with Crippen LogP contribution < -0.4 is 5.73 Å². The van der Waals surface area contributed by atoms with Gasteiger partial charge in [-0.15, -0.1) is 0 Å². The van der Waals surface area contributed by atoms with Crippen LogP contribution in [0, 0.1) is 0 Å². The first kappa shape index (κ1) is 11.8. The maximum atomic E-state index is 11.2. The van der Waals surface area contributed by atoms with Crippen LogP contribution in [0.4, 0.5) is 10.5 Å². The Morgan fingerprint density at radius 1 is 1.53 bits per heavy atom. The molecule has 0 aliphatic carbocycles. The zero-order chi connectivity index (χ0) is 12.8. The molecule has 1 aromatic rings. The van der Waals surface area contributed by atoms with E-state index in [-0.39, 0.29) is 11.5 Å². The lowest BCUT2D eigenvalue weighted by atomic mass is 9.76. The Bertz CT molecular complexity index is 468. The summed E-state index contributed by atoms with van der Waals surface area (Å²) in [6, 6.07) is 5.64. The minimum absolute atomic E-state index is 0.140. The van der Waals surface area contributed by atoms with Gasteiger partial charge in [-0.1, -0.05) is 19.9 Å². The number of carbonyl (C=O) groups is 1. The summed E-state index contributed by atoms with van der Waals surface area (Å²) in [5, 5.41) is 9.23. The van der Waals surface area contributed by atoms with Crippen molar-refractivity contribution >= 4 is 11.8 Å². The Hall–Kier alpha value is -1.71. The lowest BCUT2D eigenvalue weighted by molar-refractivity contribution is 0.107. The molecule has 0 bridgehead atoms. The second-order valence-corrected chi connectivity index (χ2v) is 5.32. The van der Waals surface area contributed by atoms with Crippen molar-refractivity contribution in [1.82, 2.24) is 4.90 Å². The highest BCUT2D eigenvalue weighted by molar-refractivity contribution is 5.67. The van der Waals surface area contributed by atoms with Gasteiger partial charge in [0.15, 0.2) is 0 Å². The first-order valence-electron chi connectivity index (χ1n) is 5.72. The van der Waals surface area contributed by atoms with Crippen LogP contribution in [0.3, 0.4) is 0 Å². The van der Waals surface area contributed by atoms with Gasteiger partial charge in [0.05, 0.1) is 6.04 Å². The molecule has 0 spiro atoms. The molecule has 2 rings (SSSR count). The fourth-order valence-corrected chi connectivity index (χ4v) is 2.59. The van der Waals surface area contributed by atoms with Crippen LogP contribution in [0.25, 0.3) is 0 Å². The summed E-state index contributed by atoms with van der Waals surface area (Å²) in [6.45, 7) is 6.54. The Morgan fingerprint density at radius 3 is 2.76 bits per heavy atom. The fraction of sp³-hybridized carbons (Fsp3) is 0.462. The molecule has 1 atom stereocenters. The van der Waals surface area contributed by atoms with Crippen LogP contribution in [0.5, 0.6) is 0 Å². The van der Waals surface area contributed by atoms with Crippen molar-refractivity contribution in [2.75, 3.05) is 12.3 Å². The summed E-state index contributed by atoms with van der Waals surface area (Å²) >= 11 is 0. The maximum absolute atomic E-state index is 11.2. The molecular weight excluding hydrogens is 216 g/mol. The second kappa shape index (κ2) is 3.65. The molecule has 3 N–H and O–H groups in total. The third-order valence-electron chi connectivity index (χ3n) is 3.53. The quantitative estimate of drug-likeness (QED) is 0.678. The molecule has 0 aromatic heterocycles. The van der Waals surface area contributed by atoms with Crippen molar-refractivity contribution in [1.29, 1.82) is 0 Å². The number of fused-ring (bicyclic) bond motifs is 1. The molecule has 17 heavy (non-hydrogen) atoms. The zero-order valence-corrected chi connectivity index (χ0v) is 10.4. The van der Waals surface area contributed by atoms with Gasteiger partial charge in [-0.05, 0) is 30.2 Å². The summed E-state index contributed by atoms with van der Waals surface area (Å²) in [5.41, 5.74) is 8.50. The van der Waals surface area contributed by atoms with Crippen molar-refractivity contribution in [2.24, 2.45) is 0 Å². The normalized spacial score (nSPS) is 22.1. The SMILES string of the molecule is CC1c2cc(N)ccc2C(C)(C)CN1C(=O)O. The molecule has 0 saturated carbocycles. The molecule has 4 nitrogen and oxygen atoms in total. The summed E-state index contributed by atoms with van der Waals surface area (Å²) in [5.74, 6) is 0. The van der Waals surface area contributed by atoms with Crippen molar-refractivity contribution in [3.63, 3.8) is 0 Å². The smallest absolute Gasteiger partial charge is 0.407 e. The first-order chi connectivity index (χ1) is 7.83. The van der Waals surface area contributed by atoms with E-state index in [0.29, 0.717) is 12.2 Å². The van der Waals surface area contributed by atoms with Crippen LogP contribution in [0.2, 0.25) is 0 Å².